The summed E-state index contributed by atoms with van der Waals surface area (Å²) in [4.78, 5) is 4.38. The maximum absolute atomic E-state index is 5.94. The average molecular weight is 420 g/mol. The second kappa shape index (κ2) is 9.65. The molecule has 1 aromatic heterocycles. The van der Waals surface area contributed by atoms with Crippen molar-refractivity contribution in [1.82, 2.24) is 4.98 Å². The highest BCUT2D eigenvalue weighted by Gasteiger charge is 2.18. The summed E-state index contributed by atoms with van der Waals surface area (Å²) >= 11 is 3.41. The van der Waals surface area contributed by atoms with Crippen molar-refractivity contribution < 1.29 is 4.74 Å². The van der Waals surface area contributed by atoms with Gasteiger partial charge in [-0.15, -0.1) is 0 Å². The van der Waals surface area contributed by atoms with Crippen LogP contribution in [0.4, 0.5) is 0 Å². The van der Waals surface area contributed by atoms with Crippen molar-refractivity contribution >= 4 is 29.2 Å². The van der Waals surface area contributed by atoms with Crippen molar-refractivity contribution in [2.75, 3.05) is 6.61 Å². The summed E-state index contributed by atoms with van der Waals surface area (Å²) in [5.41, 5.74) is 3.67. The van der Waals surface area contributed by atoms with Crippen LogP contribution in [0.15, 0.2) is 41.1 Å². The summed E-state index contributed by atoms with van der Waals surface area (Å²) in [6, 6.07) is 11.0. The summed E-state index contributed by atoms with van der Waals surface area (Å²) in [6.45, 7) is 11.0. The maximum Gasteiger partial charge on any atom is 0.106 e. The largest absolute Gasteiger partial charge is 0.377 e. The van der Waals surface area contributed by atoms with E-state index in [-0.39, 0.29) is 0 Å². The fourth-order valence-electron chi connectivity index (χ4n) is 2.74. The second-order valence-electron chi connectivity index (χ2n) is 7.65. The number of halogens is 1. The highest BCUT2D eigenvalue weighted by molar-refractivity contribution is 9.10. The van der Waals surface area contributed by atoms with E-state index in [1.54, 1.807) is 0 Å². The van der Waals surface area contributed by atoms with Crippen LogP contribution in [0.3, 0.4) is 0 Å². The summed E-state index contributed by atoms with van der Waals surface area (Å²) in [5.74, 6) is 0. The van der Waals surface area contributed by atoms with Crippen LogP contribution in [0, 0.1) is 0 Å². The Bertz CT molecular complexity index is 665. The highest BCUT2D eigenvalue weighted by Crippen LogP contribution is 2.22. The van der Waals surface area contributed by atoms with Gasteiger partial charge in [0.05, 0.1) is 14.7 Å². The van der Waals surface area contributed by atoms with Crippen LogP contribution in [-0.4, -0.2) is 19.7 Å². The van der Waals surface area contributed by atoms with Crippen LogP contribution < -0.4 is 5.19 Å². The molecule has 2 aromatic rings. The Hall–Kier alpha value is -0.973. The van der Waals surface area contributed by atoms with E-state index in [1.807, 2.05) is 12.3 Å². The first-order chi connectivity index (χ1) is 11.9. The van der Waals surface area contributed by atoms with Gasteiger partial charge in [0.15, 0.2) is 0 Å². The van der Waals surface area contributed by atoms with E-state index in [0.717, 1.165) is 23.2 Å². The lowest BCUT2D eigenvalue weighted by Gasteiger charge is -2.20. The summed E-state index contributed by atoms with van der Waals surface area (Å²) < 4.78 is 6.80. The van der Waals surface area contributed by atoms with Crippen molar-refractivity contribution in [3.8, 4) is 11.1 Å². The van der Waals surface area contributed by atoms with Gasteiger partial charge in [-0.25, -0.2) is 4.98 Å². The third-order valence-electron chi connectivity index (χ3n) is 4.33. The molecule has 1 heterocycles. The number of pyridine rings is 1. The molecule has 2 rings (SSSR count). The SMILES string of the molecule is CCCCCCOCc1cc(-c2ccc(Br)nc2)cc([Si](C)(C)C)c1. The molecule has 0 radical (unpaired) electrons. The molecule has 0 N–H and O–H groups in total. The molecule has 0 aliphatic carbocycles. The van der Waals surface area contributed by atoms with Crippen LogP contribution in [0.1, 0.15) is 38.2 Å². The quantitative estimate of drug-likeness (QED) is 0.276. The number of hydrogen-bond donors (Lipinski definition) is 0. The number of aromatic nitrogens is 1. The van der Waals surface area contributed by atoms with E-state index in [1.165, 1.54) is 35.6 Å². The number of unbranched alkanes of at least 4 members (excludes halogenated alkanes) is 3. The lowest BCUT2D eigenvalue weighted by molar-refractivity contribution is 0.117. The Labute approximate surface area is 162 Å². The lowest BCUT2D eigenvalue weighted by Crippen LogP contribution is -2.37. The summed E-state index contributed by atoms with van der Waals surface area (Å²) in [7, 11) is -1.39. The van der Waals surface area contributed by atoms with Crippen LogP contribution in [0.2, 0.25) is 19.6 Å². The van der Waals surface area contributed by atoms with E-state index >= 15 is 0 Å². The molecule has 0 bridgehead atoms. The van der Waals surface area contributed by atoms with E-state index in [9.17, 15) is 0 Å². The molecule has 0 saturated heterocycles. The summed E-state index contributed by atoms with van der Waals surface area (Å²) in [6.07, 6.45) is 6.92. The van der Waals surface area contributed by atoms with Crippen LogP contribution in [-0.2, 0) is 11.3 Å². The van der Waals surface area contributed by atoms with Gasteiger partial charge in [-0.1, -0.05) is 69.2 Å². The van der Waals surface area contributed by atoms with Crippen molar-refractivity contribution in [2.45, 2.75) is 58.9 Å². The van der Waals surface area contributed by atoms with Crippen molar-refractivity contribution in [3.63, 3.8) is 0 Å². The Balaban J connectivity index is 2.15. The smallest absolute Gasteiger partial charge is 0.106 e. The highest BCUT2D eigenvalue weighted by atomic mass is 79.9. The molecule has 0 saturated carbocycles. The molecule has 0 aliphatic rings. The van der Waals surface area contributed by atoms with Crippen LogP contribution >= 0.6 is 15.9 Å². The molecule has 0 aliphatic heterocycles. The van der Waals surface area contributed by atoms with E-state index in [0.29, 0.717) is 6.61 Å². The Morgan fingerprint density at radius 1 is 1.00 bits per heavy atom. The first kappa shape index (κ1) is 20.3. The zero-order valence-electron chi connectivity index (χ0n) is 15.9. The van der Waals surface area contributed by atoms with E-state index in [4.69, 9.17) is 4.74 Å². The summed E-state index contributed by atoms with van der Waals surface area (Å²) in [5, 5.41) is 1.47. The zero-order valence-corrected chi connectivity index (χ0v) is 18.5. The molecule has 4 heteroatoms. The normalized spacial score (nSPS) is 11.7. The number of hydrogen-bond acceptors (Lipinski definition) is 2. The molecule has 2 nitrogen and oxygen atoms in total. The van der Waals surface area contributed by atoms with Gasteiger partial charge in [0, 0.05) is 18.4 Å². The van der Waals surface area contributed by atoms with Gasteiger partial charge in [-0.05, 0) is 45.6 Å². The number of rotatable bonds is 9. The van der Waals surface area contributed by atoms with Crippen molar-refractivity contribution in [2.24, 2.45) is 0 Å². The molecule has 0 atom stereocenters. The van der Waals surface area contributed by atoms with Crippen LogP contribution in [0.25, 0.3) is 11.1 Å². The Morgan fingerprint density at radius 3 is 2.44 bits per heavy atom. The molecular weight excluding hydrogens is 390 g/mol. The molecule has 136 valence electrons. The van der Waals surface area contributed by atoms with Gasteiger partial charge in [0.1, 0.15) is 4.60 Å². The Kier molecular flexibility index (Phi) is 7.85. The Morgan fingerprint density at radius 2 is 1.80 bits per heavy atom. The van der Waals surface area contributed by atoms with Gasteiger partial charge in [-0.3, -0.25) is 0 Å². The van der Waals surface area contributed by atoms with E-state index in [2.05, 4.69) is 71.7 Å². The average Bonchev–Trinajstić information content (AvgIpc) is 2.57. The third kappa shape index (κ3) is 6.68. The fourth-order valence-corrected chi connectivity index (χ4v) is 4.18. The molecule has 0 fully saturated rings. The maximum atomic E-state index is 5.94. The number of benzene rings is 1. The number of ether oxygens (including phenoxy) is 1. The second-order valence-corrected chi connectivity index (χ2v) is 13.5. The molecule has 25 heavy (non-hydrogen) atoms. The molecule has 0 unspecified atom stereocenters. The topological polar surface area (TPSA) is 22.1 Å². The number of nitrogens with zero attached hydrogens (tertiary/aromatic N) is 1. The van der Waals surface area contributed by atoms with Crippen molar-refractivity contribution in [3.05, 3.63) is 46.7 Å². The molecule has 1 aromatic carbocycles. The predicted octanol–water partition coefficient (Wildman–Crippen LogP) is 6.15. The van der Waals surface area contributed by atoms with Gasteiger partial charge in [0.25, 0.3) is 0 Å². The third-order valence-corrected chi connectivity index (χ3v) is 6.82. The van der Waals surface area contributed by atoms with Gasteiger partial charge in [-0.2, -0.15) is 0 Å². The van der Waals surface area contributed by atoms with Gasteiger partial charge >= 0.3 is 0 Å². The minimum atomic E-state index is -1.39. The van der Waals surface area contributed by atoms with Crippen molar-refractivity contribution in [1.29, 1.82) is 0 Å². The standard InChI is InChI=1S/C21H30BrNOSi/c1-5-6-7-8-11-24-16-17-12-19(14-20(13-17)25(2,3)4)18-9-10-21(22)23-15-18/h9-10,12-15H,5-8,11,16H2,1-4H3. The fraction of sp³-hybridized carbons (Fsp3) is 0.476. The first-order valence-electron chi connectivity index (χ1n) is 9.24. The van der Waals surface area contributed by atoms with Crippen LogP contribution in [0.5, 0.6) is 0 Å². The van der Waals surface area contributed by atoms with Gasteiger partial charge < -0.3 is 4.74 Å². The zero-order chi connectivity index (χ0) is 18.3. The minimum Gasteiger partial charge on any atom is -0.377 e. The minimum absolute atomic E-state index is 0.696. The van der Waals surface area contributed by atoms with E-state index < -0.39 is 8.07 Å². The first-order valence-corrected chi connectivity index (χ1v) is 13.5. The predicted molar refractivity (Wildman–Crippen MR) is 114 cm³/mol. The molecule has 0 amide bonds. The lowest BCUT2D eigenvalue weighted by atomic mass is 10.1. The van der Waals surface area contributed by atoms with Gasteiger partial charge in [0.2, 0.25) is 0 Å². The molecule has 0 spiro atoms. The monoisotopic (exact) mass is 419 g/mol. The molecular formula is C21H30BrNOSi.